The summed E-state index contributed by atoms with van der Waals surface area (Å²) in [7, 11) is -1.51. The maximum Gasteiger partial charge on any atom is 0.303 e. The van der Waals surface area contributed by atoms with E-state index < -0.39 is 21.7 Å². The average Bonchev–Trinajstić information content (AvgIpc) is 3.86. The van der Waals surface area contributed by atoms with Crippen LogP contribution in [0.2, 0.25) is 10.0 Å². The molecule has 0 aliphatic rings. The molecule has 5 aromatic rings. The second kappa shape index (κ2) is 16.8. The molecule has 4 aromatic heterocycles. The van der Waals surface area contributed by atoms with Crippen LogP contribution in [0.4, 0.5) is 5.69 Å². The van der Waals surface area contributed by atoms with Crippen molar-refractivity contribution in [1.82, 2.24) is 44.5 Å². The Balaban J connectivity index is 0.000000266. The van der Waals surface area contributed by atoms with Gasteiger partial charge in [-0.05, 0) is 50.8 Å². The van der Waals surface area contributed by atoms with E-state index in [-0.39, 0.29) is 53.7 Å². The van der Waals surface area contributed by atoms with Gasteiger partial charge in [0.1, 0.15) is 19.9 Å². The highest BCUT2D eigenvalue weighted by atomic mass is 35.5. The van der Waals surface area contributed by atoms with Gasteiger partial charge in [-0.15, -0.1) is 20.4 Å². The molecule has 0 radical (unpaired) electrons. The molecule has 2 atom stereocenters. The molecule has 0 saturated heterocycles. The maximum atomic E-state index is 12.8. The van der Waals surface area contributed by atoms with E-state index in [1.165, 1.54) is 11.2 Å². The molecule has 0 saturated carbocycles. The molecule has 2 amide bonds. The minimum Gasteiger partial charge on any atom is -0.481 e. The van der Waals surface area contributed by atoms with Gasteiger partial charge in [0.2, 0.25) is 11.8 Å². The van der Waals surface area contributed by atoms with Crippen molar-refractivity contribution < 1.29 is 27.9 Å². The maximum absolute atomic E-state index is 12.8. The molecular weight excluding hydrogens is 795 g/mol. The van der Waals surface area contributed by atoms with E-state index in [1.807, 2.05) is 47.6 Å². The quantitative estimate of drug-likeness (QED) is 0.107. The molecule has 1 aromatic carbocycles. The van der Waals surface area contributed by atoms with Gasteiger partial charge in [-0.2, -0.15) is 0 Å². The Bertz CT molecular complexity index is 2430. The summed E-state index contributed by atoms with van der Waals surface area (Å²) >= 11 is 13.0. The molecule has 2 unspecified atom stereocenters. The van der Waals surface area contributed by atoms with Gasteiger partial charge in [-0.25, -0.2) is 17.4 Å². The number of aryl methyl sites for hydroxylation is 2. The van der Waals surface area contributed by atoms with Crippen LogP contribution in [0.15, 0.2) is 6.07 Å². The number of hydrogen-bond donors (Lipinski definition) is 4. The number of halogens is 2. The van der Waals surface area contributed by atoms with Crippen molar-refractivity contribution in [3.63, 3.8) is 0 Å². The third-order valence-corrected chi connectivity index (χ3v) is 11.5. The van der Waals surface area contributed by atoms with E-state index in [9.17, 15) is 22.8 Å². The molecule has 5 rings (SSSR count). The van der Waals surface area contributed by atoms with E-state index in [0.29, 0.717) is 38.7 Å². The van der Waals surface area contributed by atoms with E-state index in [4.69, 9.17) is 28.3 Å². The van der Waals surface area contributed by atoms with Crippen molar-refractivity contribution in [3.8, 4) is 11.4 Å². The Labute approximate surface area is 343 Å². The number of carboxylic acid groups (broad SMARTS) is 1. The molecule has 0 aliphatic heterocycles. The monoisotopic (exact) mass is 848 g/mol. The Morgan fingerprint density at radius 3 is 1.93 bits per heavy atom. The summed E-state index contributed by atoms with van der Waals surface area (Å²) < 4.78 is 26.4. The van der Waals surface area contributed by atoms with E-state index >= 15 is 0 Å². The van der Waals surface area contributed by atoms with Gasteiger partial charge in [0.25, 0.3) is 0 Å². The summed E-state index contributed by atoms with van der Waals surface area (Å²) in [5.41, 5.74) is 6.67. The van der Waals surface area contributed by atoms with Crippen molar-refractivity contribution in [3.05, 3.63) is 50.0 Å². The van der Waals surface area contributed by atoms with Gasteiger partial charge in [-0.3, -0.25) is 24.6 Å². The third kappa shape index (κ3) is 9.98. The zero-order valence-corrected chi connectivity index (χ0v) is 37.2. The molecule has 19 heteroatoms. The average molecular weight is 850 g/mol. The number of carboxylic acids is 1. The summed E-state index contributed by atoms with van der Waals surface area (Å²) in [6, 6.07) is 1.61. The predicted molar refractivity (Wildman–Crippen MR) is 222 cm³/mol. The van der Waals surface area contributed by atoms with Crippen molar-refractivity contribution >= 4 is 67.8 Å². The number of hydrogen-bond acceptors (Lipinski definition) is 9. The van der Waals surface area contributed by atoms with Crippen molar-refractivity contribution in [2.75, 3.05) is 24.4 Å². The molecule has 312 valence electrons. The minimum absolute atomic E-state index is 0.0277. The zero-order valence-electron chi connectivity index (χ0n) is 34.8. The Morgan fingerprint density at radius 1 is 0.877 bits per heavy atom. The lowest BCUT2D eigenvalue weighted by Crippen LogP contribution is -2.31. The summed E-state index contributed by atoms with van der Waals surface area (Å²) in [5, 5.41) is 36.2. The molecule has 16 nitrogen and oxygen atoms in total. The van der Waals surface area contributed by atoms with Gasteiger partial charge < -0.3 is 15.3 Å². The first-order valence-corrected chi connectivity index (χ1v) is 21.3. The molecule has 57 heavy (non-hydrogen) atoms. The molecule has 0 aliphatic carbocycles. The lowest BCUT2D eigenvalue weighted by atomic mass is 9.92. The number of aromatic nitrogens is 8. The van der Waals surface area contributed by atoms with Crippen LogP contribution in [0.1, 0.15) is 115 Å². The summed E-state index contributed by atoms with van der Waals surface area (Å²) in [4.78, 5) is 37.0. The van der Waals surface area contributed by atoms with Gasteiger partial charge in [0.05, 0.1) is 29.6 Å². The fourth-order valence-corrected chi connectivity index (χ4v) is 8.00. The largest absolute Gasteiger partial charge is 0.481 e. The van der Waals surface area contributed by atoms with Crippen LogP contribution in [0.5, 0.6) is 0 Å². The Hall–Kier alpha value is -4.48. The molecule has 0 fully saturated rings. The van der Waals surface area contributed by atoms with Gasteiger partial charge >= 0.3 is 5.97 Å². The number of fused-ring (bicyclic) bond motifs is 2. The Kier molecular flexibility index (Phi) is 13.3. The summed E-state index contributed by atoms with van der Waals surface area (Å²) in [6.07, 6.45) is 1.18. The number of carbonyl (C=O) groups excluding carboxylic acids is 2. The fourth-order valence-electron chi connectivity index (χ4n) is 6.32. The first kappa shape index (κ1) is 45.2. The summed E-state index contributed by atoms with van der Waals surface area (Å²) in [5.74, 6) is -0.814. The van der Waals surface area contributed by atoms with Crippen LogP contribution in [0, 0.1) is 26.7 Å². The zero-order chi connectivity index (χ0) is 43.1. The molecule has 4 heterocycles. The number of amides is 2. The van der Waals surface area contributed by atoms with Crippen LogP contribution in [0.3, 0.4) is 0 Å². The normalized spacial score (nSPS) is 13.4. The number of H-pyrrole nitrogens is 2. The van der Waals surface area contributed by atoms with E-state index in [2.05, 4.69) is 56.7 Å². The third-order valence-electron chi connectivity index (χ3n) is 9.84. The second-order valence-corrected chi connectivity index (χ2v) is 19.8. The number of nitrogens with one attached hydrogen (secondary N) is 3. The molecular formula is C38H54Cl2N10O6S. The van der Waals surface area contributed by atoms with Crippen molar-refractivity contribution in [2.45, 2.75) is 112 Å². The predicted octanol–water partition coefficient (Wildman–Crippen LogP) is 7.00. The van der Waals surface area contributed by atoms with Gasteiger partial charge in [0.15, 0.2) is 22.9 Å². The van der Waals surface area contributed by atoms with Crippen LogP contribution in [0.25, 0.3) is 22.7 Å². The van der Waals surface area contributed by atoms with Crippen LogP contribution in [-0.2, 0) is 35.1 Å². The number of aliphatic carboxylic acids is 1. The highest BCUT2D eigenvalue weighted by molar-refractivity contribution is 7.90. The number of carbonyl (C=O) groups is 3. The lowest BCUT2D eigenvalue weighted by molar-refractivity contribution is -0.141. The lowest BCUT2D eigenvalue weighted by Gasteiger charge is -2.23. The van der Waals surface area contributed by atoms with Gasteiger partial charge in [0, 0.05) is 47.7 Å². The Morgan fingerprint density at radius 2 is 1.40 bits per heavy atom. The summed E-state index contributed by atoms with van der Waals surface area (Å²) in [6.45, 7) is 21.7. The highest BCUT2D eigenvalue weighted by Gasteiger charge is 2.29. The fraction of sp³-hybridized carbons (Fsp3) is 0.553. The van der Waals surface area contributed by atoms with Gasteiger partial charge in [-0.1, -0.05) is 77.7 Å². The van der Waals surface area contributed by atoms with Crippen LogP contribution < -0.4 is 5.32 Å². The second-order valence-electron chi connectivity index (χ2n) is 16.8. The topological polar surface area (TPSA) is 213 Å². The molecule has 4 N–H and O–H groups in total. The number of aromatic amines is 2. The van der Waals surface area contributed by atoms with Crippen molar-refractivity contribution in [1.29, 1.82) is 0 Å². The van der Waals surface area contributed by atoms with E-state index in [1.54, 1.807) is 29.9 Å². The standard InChI is InChI=1S/C23H32ClN5O3S.C15H22ClN5O3/c1-12(9-10-33(8,31)32)22(30)25-18-14(3)11-13(2)16(15(18)4)20-26-27-21-17(24)19(23(5,6)7)28-29(20)21;1-8(20(5)9(22)6-7-10(23)24)13-17-18-14-11(16)12(15(2,3)4)19-21(13)14/h11-12,28H,9-10H2,1-8H3,(H,25,30);8,19H,6-7H2,1-5H3,(H,23,24). The first-order chi connectivity index (χ1) is 26.1. The highest BCUT2D eigenvalue weighted by Crippen LogP contribution is 2.37. The van der Waals surface area contributed by atoms with Crippen molar-refractivity contribution in [2.24, 2.45) is 5.92 Å². The smallest absolute Gasteiger partial charge is 0.303 e. The number of sulfone groups is 1. The van der Waals surface area contributed by atoms with E-state index in [0.717, 1.165) is 33.6 Å². The van der Waals surface area contributed by atoms with Crippen LogP contribution >= 0.6 is 23.2 Å². The minimum atomic E-state index is -3.13. The molecule has 0 spiro atoms. The van der Waals surface area contributed by atoms with Crippen LogP contribution in [-0.4, -0.2) is 94.9 Å². The first-order valence-electron chi connectivity index (χ1n) is 18.5. The molecule has 0 bridgehead atoms. The number of nitrogens with zero attached hydrogens (tertiary/aromatic N) is 7. The number of rotatable bonds is 11. The SMILES string of the molecule is CC(c1nnc2c(Cl)c(C(C)(C)C)[nH]n12)N(C)C(=O)CCC(=O)O.Cc1cc(C)c(-c2nnc3c(Cl)c(C(C)(C)C)[nH]n23)c(C)c1NC(=O)C(C)CCS(C)(=O)=O. The number of benzene rings is 1. The number of anilines is 1.